The molecule has 1 aliphatic rings. The molecule has 5 rings (SSSR count). The Bertz CT molecular complexity index is 1830. The summed E-state index contributed by atoms with van der Waals surface area (Å²) in [5.41, 5.74) is 1.81. The second-order valence-electron chi connectivity index (χ2n) is 13.3. The summed E-state index contributed by atoms with van der Waals surface area (Å²) in [4.78, 5) is 35.1. The van der Waals surface area contributed by atoms with Gasteiger partial charge in [0.1, 0.15) is 28.1 Å². The number of hydrogen-bond acceptors (Lipinski definition) is 12. The first kappa shape index (κ1) is 44.8. The minimum Gasteiger partial charge on any atom is -0.447 e. The van der Waals surface area contributed by atoms with Gasteiger partial charge in [-0.2, -0.15) is 0 Å². The van der Waals surface area contributed by atoms with Crippen molar-refractivity contribution in [3.05, 3.63) is 75.1 Å². The number of carbonyl (C=O) groups is 2. The molecule has 0 bridgehead atoms. The van der Waals surface area contributed by atoms with Gasteiger partial charge < -0.3 is 43.5 Å². The number of amides is 2. The fourth-order valence-corrected chi connectivity index (χ4v) is 8.59. The molecule has 0 atom stereocenters. The lowest BCUT2D eigenvalue weighted by Gasteiger charge is -2.39. The van der Waals surface area contributed by atoms with Gasteiger partial charge in [-0.3, -0.25) is 4.79 Å². The summed E-state index contributed by atoms with van der Waals surface area (Å²) in [6, 6.07) is 9.57. The van der Waals surface area contributed by atoms with Crippen LogP contribution in [0.25, 0.3) is 20.7 Å². The second kappa shape index (κ2) is 23.9. The van der Waals surface area contributed by atoms with Gasteiger partial charge in [-0.1, -0.05) is 29.8 Å². The van der Waals surface area contributed by atoms with Crippen LogP contribution in [0.3, 0.4) is 0 Å². The summed E-state index contributed by atoms with van der Waals surface area (Å²) in [5, 5.41) is 5.60. The van der Waals surface area contributed by atoms with Crippen LogP contribution in [-0.2, 0) is 35.0 Å². The van der Waals surface area contributed by atoms with Gasteiger partial charge in [-0.25, -0.2) is 18.6 Å². The lowest BCUT2D eigenvalue weighted by molar-refractivity contribution is -0.0147. The minimum atomic E-state index is -0.682. The van der Waals surface area contributed by atoms with Crippen LogP contribution in [0, 0.1) is 11.6 Å². The van der Waals surface area contributed by atoms with Crippen molar-refractivity contribution in [2.24, 2.45) is 0 Å². The molecule has 312 valence electrons. The SMILES string of the molecule is CNCCOCCOCCOCCOCCOCCOC(=O)N(C)C1CCC(N(Cc2cccc(-c3nccs3)c2)C(=O)c2sc3c(F)ccc(F)c3c2Cl)CC1. The first-order valence-corrected chi connectivity index (χ1v) is 21.1. The topological polar surface area (TPSA) is 121 Å². The van der Waals surface area contributed by atoms with Crippen LogP contribution in [-0.4, -0.2) is 132 Å². The van der Waals surface area contributed by atoms with Gasteiger partial charge in [0.25, 0.3) is 5.91 Å². The van der Waals surface area contributed by atoms with E-state index in [1.165, 1.54) is 11.3 Å². The molecule has 0 spiro atoms. The number of nitrogens with zero attached hydrogens (tertiary/aromatic N) is 3. The van der Waals surface area contributed by atoms with Crippen molar-refractivity contribution >= 4 is 56.4 Å². The Morgan fingerprint density at radius 1 is 0.842 bits per heavy atom. The van der Waals surface area contributed by atoms with Gasteiger partial charge in [0.05, 0.1) is 81.2 Å². The molecule has 2 aromatic heterocycles. The third-order valence-corrected chi connectivity index (χ3v) is 12.0. The molecule has 2 aromatic carbocycles. The van der Waals surface area contributed by atoms with Gasteiger partial charge in [0, 0.05) is 49.4 Å². The van der Waals surface area contributed by atoms with Crippen molar-refractivity contribution in [2.45, 2.75) is 44.3 Å². The lowest BCUT2D eigenvalue weighted by atomic mass is 9.89. The van der Waals surface area contributed by atoms with Crippen LogP contribution in [0.15, 0.2) is 48.0 Å². The summed E-state index contributed by atoms with van der Waals surface area (Å²) in [5.74, 6) is -1.71. The number of halogens is 3. The van der Waals surface area contributed by atoms with Crippen molar-refractivity contribution in [3.63, 3.8) is 0 Å². The van der Waals surface area contributed by atoms with Gasteiger partial charge in [0.2, 0.25) is 0 Å². The number of hydrogen-bond donors (Lipinski definition) is 1. The van der Waals surface area contributed by atoms with Crippen molar-refractivity contribution in [1.29, 1.82) is 0 Å². The monoisotopic (exact) mass is 852 g/mol. The fraction of sp³-hybridized carbons (Fsp3) is 0.525. The highest BCUT2D eigenvalue weighted by Gasteiger charge is 2.34. The zero-order chi connectivity index (χ0) is 40.4. The zero-order valence-electron chi connectivity index (χ0n) is 32.4. The highest BCUT2D eigenvalue weighted by Crippen LogP contribution is 2.40. The number of rotatable bonds is 24. The molecule has 0 radical (unpaired) electrons. The number of benzene rings is 2. The Morgan fingerprint density at radius 3 is 2.04 bits per heavy atom. The smallest absolute Gasteiger partial charge is 0.409 e. The predicted octanol–water partition coefficient (Wildman–Crippen LogP) is 7.28. The van der Waals surface area contributed by atoms with E-state index in [9.17, 15) is 18.4 Å². The van der Waals surface area contributed by atoms with Gasteiger partial charge >= 0.3 is 6.09 Å². The van der Waals surface area contributed by atoms with Crippen molar-refractivity contribution in [3.8, 4) is 10.6 Å². The van der Waals surface area contributed by atoms with Gasteiger partial charge in [-0.15, -0.1) is 22.7 Å². The van der Waals surface area contributed by atoms with Gasteiger partial charge in [-0.05, 0) is 56.5 Å². The average molecular weight is 853 g/mol. The molecule has 0 aliphatic heterocycles. The van der Waals surface area contributed by atoms with Crippen LogP contribution >= 0.6 is 34.3 Å². The molecule has 0 saturated heterocycles. The number of likely N-dealkylation sites (N-methyl/N-ethyl adjacent to an activating group) is 1. The van der Waals surface area contributed by atoms with E-state index in [2.05, 4.69) is 10.3 Å². The number of nitrogens with one attached hydrogen (secondary N) is 1. The zero-order valence-corrected chi connectivity index (χ0v) is 34.7. The average Bonchev–Trinajstić information content (AvgIpc) is 3.90. The molecule has 4 aromatic rings. The molecule has 12 nitrogen and oxygen atoms in total. The van der Waals surface area contributed by atoms with Crippen LogP contribution in [0.4, 0.5) is 13.6 Å². The Labute approximate surface area is 345 Å². The molecular weight excluding hydrogens is 802 g/mol. The second-order valence-corrected chi connectivity index (χ2v) is 15.6. The van der Waals surface area contributed by atoms with Crippen molar-refractivity contribution in [2.75, 3.05) is 93.3 Å². The van der Waals surface area contributed by atoms with E-state index in [0.717, 1.165) is 46.1 Å². The van der Waals surface area contributed by atoms with Crippen LogP contribution in [0.2, 0.25) is 5.02 Å². The maximum absolute atomic E-state index is 14.8. The molecular formula is C40H51ClF2N4O8S2. The summed E-state index contributed by atoms with van der Waals surface area (Å²) >= 11 is 8.98. The van der Waals surface area contributed by atoms with E-state index < -0.39 is 23.6 Å². The van der Waals surface area contributed by atoms with Crippen LogP contribution < -0.4 is 5.32 Å². The third kappa shape index (κ3) is 13.3. The number of thiazole rings is 1. The maximum Gasteiger partial charge on any atom is 0.409 e. The third-order valence-electron chi connectivity index (χ3n) is 9.48. The van der Waals surface area contributed by atoms with E-state index in [-0.39, 0.29) is 51.8 Å². The van der Waals surface area contributed by atoms with E-state index in [1.54, 1.807) is 23.0 Å². The standard InChI is InChI=1S/C40H51ClF2N4O8S2/c1-44-12-14-50-15-16-51-17-18-52-19-20-53-21-22-54-23-24-55-40(49)46(2)30-6-8-31(9-7-30)47(27-28-4-3-5-29(26-28)38-45-13-25-56-38)39(48)37-35(41)34-32(42)10-11-33(43)36(34)57-37/h3-5,10-11,13,25-26,30-31,44H,6-9,12,14-24,27H2,1-2H3. The Kier molecular flexibility index (Phi) is 18.8. The van der Waals surface area contributed by atoms with E-state index in [1.807, 2.05) is 36.7 Å². The van der Waals surface area contributed by atoms with Crippen molar-refractivity contribution < 1.29 is 46.8 Å². The Morgan fingerprint density at radius 2 is 1.44 bits per heavy atom. The highest BCUT2D eigenvalue weighted by molar-refractivity contribution is 7.21. The Balaban J connectivity index is 1.04. The summed E-state index contributed by atoms with van der Waals surface area (Å²) in [6.45, 7) is 5.75. The lowest BCUT2D eigenvalue weighted by Crippen LogP contribution is -2.46. The molecule has 1 N–H and O–H groups in total. The molecule has 17 heteroatoms. The fourth-order valence-electron chi connectivity index (χ4n) is 6.45. The predicted molar refractivity (Wildman–Crippen MR) is 217 cm³/mol. The number of carbonyl (C=O) groups excluding carboxylic acids is 2. The maximum atomic E-state index is 14.8. The van der Waals surface area contributed by atoms with Crippen molar-refractivity contribution in [1.82, 2.24) is 20.1 Å². The number of thiophene rings is 1. The first-order chi connectivity index (χ1) is 27.8. The van der Waals surface area contributed by atoms with E-state index in [0.29, 0.717) is 85.1 Å². The molecule has 2 amide bonds. The molecule has 57 heavy (non-hydrogen) atoms. The summed E-state index contributed by atoms with van der Waals surface area (Å²) < 4.78 is 62.4. The number of ether oxygens (including phenoxy) is 6. The molecule has 1 saturated carbocycles. The molecule has 1 aliphatic carbocycles. The van der Waals surface area contributed by atoms with Crippen LogP contribution in [0.5, 0.6) is 0 Å². The normalized spacial score (nSPS) is 15.6. The van der Waals surface area contributed by atoms with Gasteiger partial charge in [0.15, 0.2) is 0 Å². The molecule has 0 unspecified atom stereocenters. The summed E-state index contributed by atoms with van der Waals surface area (Å²) in [7, 11) is 3.59. The van der Waals surface area contributed by atoms with Crippen LogP contribution in [0.1, 0.15) is 40.9 Å². The first-order valence-electron chi connectivity index (χ1n) is 19.1. The number of fused-ring (bicyclic) bond motifs is 1. The molecule has 1 fully saturated rings. The molecule has 2 heterocycles. The Hall–Kier alpha value is -3.32. The van der Waals surface area contributed by atoms with E-state index >= 15 is 0 Å². The quantitative estimate of drug-likeness (QED) is 0.0721. The minimum absolute atomic E-state index is 0.00801. The number of aromatic nitrogens is 1. The largest absolute Gasteiger partial charge is 0.447 e. The van der Waals surface area contributed by atoms with E-state index in [4.69, 9.17) is 40.0 Å². The highest BCUT2D eigenvalue weighted by atomic mass is 35.5. The summed E-state index contributed by atoms with van der Waals surface area (Å²) in [6.07, 6.45) is 3.73.